The van der Waals surface area contributed by atoms with Gasteiger partial charge in [0.1, 0.15) is 0 Å². The molecule has 0 N–H and O–H groups in total. The summed E-state index contributed by atoms with van der Waals surface area (Å²) in [4.78, 5) is -1.70. The molecule has 0 amide bonds. The van der Waals surface area contributed by atoms with Crippen molar-refractivity contribution in [1.29, 1.82) is 0 Å². The quantitative estimate of drug-likeness (QED) is 0.411. The molecule has 0 radical (unpaired) electrons. The van der Waals surface area contributed by atoms with Crippen LogP contribution in [0.4, 0.5) is 39.5 Å². The van der Waals surface area contributed by atoms with Crippen LogP contribution in [0.15, 0.2) is 58.3 Å². The number of rotatable bonds is 6. The zero-order chi connectivity index (χ0) is 30.9. The summed E-state index contributed by atoms with van der Waals surface area (Å²) in [6, 6.07) is 5.93. The van der Waals surface area contributed by atoms with Gasteiger partial charge in [-0.1, -0.05) is 17.7 Å². The molecule has 8 nitrogen and oxygen atoms in total. The van der Waals surface area contributed by atoms with Crippen LogP contribution >= 0.6 is 11.6 Å². The summed E-state index contributed by atoms with van der Waals surface area (Å²) in [5, 5.41) is -4.21. The molecule has 0 aromatic heterocycles. The second-order valence-corrected chi connectivity index (χ2v) is 16.2. The van der Waals surface area contributed by atoms with Crippen LogP contribution in [0.1, 0.15) is 5.56 Å². The van der Waals surface area contributed by atoms with Crippen LogP contribution in [0.3, 0.4) is 0 Å². The average molecular weight is 679 g/mol. The third kappa shape index (κ3) is 9.50. The highest BCUT2D eigenvalue weighted by Gasteiger charge is 2.49. The molecule has 39 heavy (non-hydrogen) atoms. The molecular weight excluding hydrogens is 667 g/mol. The molecule has 0 spiro atoms. The predicted octanol–water partition coefficient (Wildman–Crippen LogP) is 4.38. The van der Waals surface area contributed by atoms with Gasteiger partial charge in [0, 0.05) is 5.02 Å². The van der Waals surface area contributed by atoms with Crippen molar-refractivity contribution in [1.82, 2.24) is 0 Å². The SMILES string of the molecule is O=S(=O)(CS(=O)(=O)C(F)(F)F)c1ccc(Cl)cc1.O=S(=O)(CS(=O)(=O)C(F)(F)F)c1cccc(C(F)(F)F)c1. The Morgan fingerprint density at radius 2 is 0.949 bits per heavy atom. The third-order valence-electron chi connectivity index (χ3n) is 4.02. The fourth-order valence-electron chi connectivity index (χ4n) is 2.19. The van der Waals surface area contributed by atoms with Gasteiger partial charge in [-0.05, 0) is 42.5 Å². The lowest BCUT2D eigenvalue weighted by atomic mass is 10.2. The molecule has 0 fully saturated rings. The van der Waals surface area contributed by atoms with Gasteiger partial charge < -0.3 is 0 Å². The van der Waals surface area contributed by atoms with Gasteiger partial charge >= 0.3 is 17.2 Å². The van der Waals surface area contributed by atoms with Crippen LogP contribution in [-0.2, 0) is 45.5 Å². The molecule has 0 aliphatic heterocycles. The molecule has 2 aromatic carbocycles. The van der Waals surface area contributed by atoms with Crippen molar-refractivity contribution >= 4 is 50.9 Å². The molecule has 0 bridgehead atoms. The molecule has 222 valence electrons. The van der Waals surface area contributed by atoms with Gasteiger partial charge in [-0.3, -0.25) is 0 Å². The molecule has 0 heterocycles. The Labute approximate surface area is 220 Å². The largest absolute Gasteiger partial charge is 0.498 e. The van der Waals surface area contributed by atoms with Gasteiger partial charge in [0.05, 0.1) is 15.4 Å². The van der Waals surface area contributed by atoms with Gasteiger partial charge in [-0.15, -0.1) is 0 Å². The van der Waals surface area contributed by atoms with Crippen LogP contribution < -0.4 is 0 Å². The lowest BCUT2D eigenvalue weighted by Gasteiger charge is -2.11. The molecule has 22 heteroatoms. The van der Waals surface area contributed by atoms with E-state index in [0.717, 1.165) is 24.3 Å². The van der Waals surface area contributed by atoms with E-state index in [1.165, 1.54) is 0 Å². The molecular formula is C17H12ClF9O8S4. The van der Waals surface area contributed by atoms with Crippen LogP contribution in [0.5, 0.6) is 0 Å². The minimum Gasteiger partial charge on any atom is -0.223 e. The molecule has 0 unspecified atom stereocenters. The first-order valence-electron chi connectivity index (χ1n) is 9.09. The van der Waals surface area contributed by atoms with Crippen LogP contribution in [0.25, 0.3) is 0 Å². The summed E-state index contributed by atoms with van der Waals surface area (Å²) in [6.07, 6.45) is -4.92. The topological polar surface area (TPSA) is 137 Å². The summed E-state index contributed by atoms with van der Waals surface area (Å²) in [7, 11) is -21.4. The van der Waals surface area contributed by atoms with Gasteiger partial charge in [-0.25, -0.2) is 33.7 Å². The van der Waals surface area contributed by atoms with E-state index >= 15 is 0 Å². The van der Waals surface area contributed by atoms with E-state index in [1.54, 1.807) is 0 Å². The Hall–Kier alpha value is -2.10. The van der Waals surface area contributed by atoms with Crippen molar-refractivity contribution in [3.63, 3.8) is 0 Å². The number of hydrogen-bond donors (Lipinski definition) is 0. The maximum absolute atomic E-state index is 12.4. The smallest absolute Gasteiger partial charge is 0.223 e. The Bertz CT molecular complexity index is 1610. The standard InChI is InChI=1S/C9H6F6O4S2.C8H6ClF3O4S2/c10-8(11,12)6-2-1-3-7(4-6)20(16,17)5-21(18,19)9(13,14)15;9-6-1-3-7(4-2-6)17(13,14)5-18(15,16)8(10,11)12/h1-4H,5H2;1-4H,5H2. The van der Waals surface area contributed by atoms with E-state index in [9.17, 15) is 73.2 Å². The highest BCUT2D eigenvalue weighted by molar-refractivity contribution is 8.08. The Balaban J connectivity index is 0.000000395. The van der Waals surface area contributed by atoms with Crippen molar-refractivity contribution < 1.29 is 73.2 Å². The number of alkyl halides is 9. The second-order valence-electron chi connectivity index (χ2n) is 7.07. The first kappa shape index (κ1) is 34.9. The van der Waals surface area contributed by atoms with Crippen molar-refractivity contribution in [2.75, 3.05) is 10.2 Å². The van der Waals surface area contributed by atoms with Gasteiger partial charge in [0.15, 0.2) is 29.8 Å². The van der Waals surface area contributed by atoms with E-state index in [1.807, 2.05) is 0 Å². The van der Waals surface area contributed by atoms with Crippen molar-refractivity contribution in [2.24, 2.45) is 0 Å². The minimum atomic E-state index is -6.02. The molecule has 0 aliphatic carbocycles. The lowest BCUT2D eigenvalue weighted by molar-refractivity contribution is -0.137. The first-order valence-corrected chi connectivity index (χ1v) is 16.1. The molecule has 2 rings (SSSR count). The van der Waals surface area contributed by atoms with Gasteiger partial charge in [0.2, 0.25) is 0 Å². The maximum atomic E-state index is 12.4. The normalized spacial score (nSPS) is 13.9. The monoisotopic (exact) mass is 678 g/mol. The third-order valence-corrected chi connectivity index (χ3v) is 12.6. The Morgan fingerprint density at radius 1 is 0.564 bits per heavy atom. The Kier molecular flexibility index (Phi) is 10.2. The van der Waals surface area contributed by atoms with Crippen LogP contribution in [0.2, 0.25) is 5.02 Å². The molecule has 0 saturated heterocycles. The first-order chi connectivity index (χ1) is 17.1. The van der Waals surface area contributed by atoms with E-state index in [4.69, 9.17) is 11.6 Å². The fraction of sp³-hybridized carbons (Fsp3) is 0.294. The number of sulfone groups is 4. The molecule has 0 aliphatic rings. The highest BCUT2D eigenvalue weighted by Crippen LogP contribution is 2.32. The van der Waals surface area contributed by atoms with Gasteiger partial charge in [0.25, 0.3) is 19.7 Å². The summed E-state index contributed by atoms with van der Waals surface area (Å²) in [6.45, 7) is 0. The molecule has 0 atom stereocenters. The van der Waals surface area contributed by atoms with E-state index in [0.29, 0.717) is 18.2 Å². The van der Waals surface area contributed by atoms with Crippen molar-refractivity contribution in [2.45, 2.75) is 27.0 Å². The van der Waals surface area contributed by atoms with Crippen LogP contribution in [0, 0.1) is 0 Å². The zero-order valence-electron chi connectivity index (χ0n) is 18.2. The van der Waals surface area contributed by atoms with Crippen molar-refractivity contribution in [3.05, 3.63) is 59.1 Å². The molecule has 2 aromatic rings. The van der Waals surface area contributed by atoms with Crippen molar-refractivity contribution in [3.8, 4) is 0 Å². The van der Waals surface area contributed by atoms with Crippen LogP contribution in [-0.4, -0.2) is 54.9 Å². The summed E-state index contributed by atoms with van der Waals surface area (Å²) in [5.41, 5.74) is -12.8. The number of benzene rings is 2. The zero-order valence-corrected chi connectivity index (χ0v) is 22.2. The van der Waals surface area contributed by atoms with E-state index in [-0.39, 0.29) is 11.1 Å². The summed E-state index contributed by atoms with van der Waals surface area (Å²) >= 11 is 5.47. The Morgan fingerprint density at radius 3 is 1.31 bits per heavy atom. The number of hydrogen-bond acceptors (Lipinski definition) is 8. The molecule has 0 saturated carbocycles. The maximum Gasteiger partial charge on any atom is 0.498 e. The average Bonchev–Trinajstić information content (AvgIpc) is 2.71. The predicted molar refractivity (Wildman–Crippen MR) is 117 cm³/mol. The van der Waals surface area contributed by atoms with Gasteiger partial charge in [-0.2, -0.15) is 39.5 Å². The summed E-state index contributed by atoms with van der Waals surface area (Å²) in [5.74, 6) is 0. The van der Waals surface area contributed by atoms with E-state index in [2.05, 4.69) is 0 Å². The fourth-order valence-corrected chi connectivity index (χ4v) is 8.88. The second kappa shape index (κ2) is 11.4. The number of halogens is 10. The lowest BCUT2D eigenvalue weighted by Crippen LogP contribution is -2.30. The minimum absolute atomic E-state index is 0.0707. The highest BCUT2D eigenvalue weighted by atomic mass is 35.5. The summed E-state index contributed by atoms with van der Waals surface area (Å²) < 4.78 is 199. The van der Waals surface area contributed by atoms with E-state index < -0.39 is 82.1 Å².